The van der Waals surface area contributed by atoms with Crippen molar-refractivity contribution in [1.29, 1.82) is 0 Å². The van der Waals surface area contributed by atoms with Crippen LogP contribution in [-0.2, 0) is 0 Å². The van der Waals surface area contributed by atoms with Crippen molar-refractivity contribution >= 4 is 11.5 Å². The molecule has 3 heteroatoms. The van der Waals surface area contributed by atoms with Gasteiger partial charge < -0.3 is 10.5 Å². The van der Waals surface area contributed by atoms with E-state index in [1.54, 1.807) is 12.1 Å². The number of rotatable bonds is 4. The minimum Gasteiger partial charge on any atom is -0.494 e. The zero-order valence-corrected chi connectivity index (χ0v) is 12.1. The fourth-order valence-corrected chi connectivity index (χ4v) is 2.19. The number of nitrogens with two attached hydrogens (primary N) is 1. The second kappa shape index (κ2) is 5.78. The minimum atomic E-state index is -0.0493. The first-order valence-corrected chi connectivity index (χ1v) is 6.67. The first-order chi connectivity index (χ1) is 9.54. The van der Waals surface area contributed by atoms with Crippen LogP contribution in [0.1, 0.15) is 34.0 Å². The molecular formula is C17H19NO2. The largest absolute Gasteiger partial charge is 0.494 e. The third-order valence-electron chi connectivity index (χ3n) is 3.27. The molecule has 0 spiro atoms. The Morgan fingerprint density at radius 3 is 2.45 bits per heavy atom. The van der Waals surface area contributed by atoms with E-state index in [9.17, 15) is 4.79 Å². The number of nitrogen functional groups attached to an aromatic ring is 1. The van der Waals surface area contributed by atoms with Crippen LogP contribution in [0.15, 0.2) is 36.4 Å². The van der Waals surface area contributed by atoms with Crippen molar-refractivity contribution in [2.45, 2.75) is 20.8 Å². The Kier molecular flexibility index (Phi) is 4.08. The summed E-state index contributed by atoms with van der Waals surface area (Å²) in [5.41, 5.74) is 9.44. The van der Waals surface area contributed by atoms with Gasteiger partial charge in [-0.15, -0.1) is 0 Å². The van der Waals surface area contributed by atoms with Gasteiger partial charge in [-0.3, -0.25) is 4.79 Å². The van der Waals surface area contributed by atoms with E-state index in [1.807, 2.05) is 45.0 Å². The van der Waals surface area contributed by atoms with E-state index in [2.05, 4.69) is 0 Å². The van der Waals surface area contributed by atoms with Gasteiger partial charge >= 0.3 is 0 Å². The van der Waals surface area contributed by atoms with Crippen molar-refractivity contribution in [3.63, 3.8) is 0 Å². The summed E-state index contributed by atoms with van der Waals surface area (Å²) >= 11 is 0. The number of aryl methyl sites for hydroxylation is 2. The first kappa shape index (κ1) is 14.1. The van der Waals surface area contributed by atoms with Crippen LogP contribution in [0.3, 0.4) is 0 Å². The molecule has 104 valence electrons. The number of benzene rings is 2. The van der Waals surface area contributed by atoms with Crippen molar-refractivity contribution in [3.8, 4) is 5.75 Å². The Labute approximate surface area is 119 Å². The lowest BCUT2D eigenvalue weighted by molar-refractivity contribution is 0.103. The Bertz CT molecular complexity index is 647. The number of carbonyl (C=O) groups is 1. The van der Waals surface area contributed by atoms with Gasteiger partial charge in [0, 0.05) is 16.8 Å². The highest BCUT2D eigenvalue weighted by molar-refractivity contribution is 6.13. The molecule has 0 aromatic heterocycles. The standard InChI is InChI=1S/C17H19NO2/c1-4-20-16-10-11(2)14(9-12(16)3)17(19)13-7-5-6-8-15(13)18/h5-10H,4,18H2,1-3H3. The van der Waals surface area contributed by atoms with Gasteiger partial charge in [0.2, 0.25) is 0 Å². The molecule has 3 nitrogen and oxygen atoms in total. The van der Waals surface area contributed by atoms with Gasteiger partial charge in [0.1, 0.15) is 5.75 Å². The number of ether oxygens (including phenoxy) is 1. The van der Waals surface area contributed by atoms with Gasteiger partial charge in [-0.05, 0) is 56.2 Å². The summed E-state index contributed by atoms with van der Waals surface area (Å²) < 4.78 is 5.55. The molecule has 0 saturated carbocycles. The molecule has 2 N–H and O–H groups in total. The fourth-order valence-electron chi connectivity index (χ4n) is 2.19. The summed E-state index contributed by atoms with van der Waals surface area (Å²) in [6.07, 6.45) is 0. The van der Waals surface area contributed by atoms with Crippen molar-refractivity contribution < 1.29 is 9.53 Å². The monoisotopic (exact) mass is 269 g/mol. The number of carbonyl (C=O) groups excluding carboxylic acids is 1. The fraction of sp³-hybridized carbons (Fsp3) is 0.235. The number of anilines is 1. The molecule has 0 radical (unpaired) electrons. The molecule has 2 aromatic carbocycles. The van der Waals surface area contributed by atoms with E-state index in [-0.39, 0.29) is 5.78 Å². The first-order valence-electron chi connectivity index (χ1n) is 6.67. The van der Waals surface area contributed by atoms with Gasteiger partial charge in [0.05, 0.1) is 6.61 Å². The van der Waals surface area contributed by atoms with E-state index in [0.29, 0.717) is 23.4 Å². The molecular weight excluding hydrogens is 250 g/mol. The van der Waals surface area contributed by atoms with Crippen molar-refractivity contribution in [2.75, 3.05) is 12.3 Å². The molecule has 0 atom stereocenters. The number of hydrogen-bond donors (Lipinski definition) is 1. The summed E-state index contributed by atoms with van der Waals surface area (Å²) in [6.45, 7) is 6.40. The highest BCUT2D eigenvalue weighted by Crippen LogP contribution is 2.26. The summed E-state index contributed by atoms with van der Waals surface area (Å²) in [5.74, 6) is 0.773. The topological polar surface area (TPSA) is 52.3 Å². The quantitative estimate of drug-likeness (QED) is 0.682. The lowest BCUT2D eigenvalue weighted by Crippen LogP contribution is -2.08. The van der Waals surface area contributed by atoms with Crippen LogP contribution in [0.5, 0.6) is 5.75 Å². The number of hydrogen-bond acceptors (Lipinski definition) is 3. The lowest BCUT2D eigenvalue weighted by atomic mass is 9.96. The molecule has 0 aliphatic heterocycles. The maximum absolute atomic E-state index is 12.6. The summed E-state index contributed by atoms with van der Waals surface area (Å²) in [7, 11) is 0. The van der Waals surface area contributed by atoms with Gasteiger partial charge in [-0.1, -0.05) is 12.1 Å². The smallest absolute Gasteiger partial charge is 0.195 e. The highest BCUT2D eigenvalue weighted by Gasteiger charge is 2.16. The average Bonchev–Trinajstić information content (AvgIpc) is 2.42. The van der Waals surface area contributed by atoms with Crippen LogP contribution in [0, 0.1) is 13.8 Å². The Balaban J connectivity index is 2.46. The molecule has 0 bridgehead atoms. The summed E-state index contributed by atoms with van der Waals surface area (Å²) in [4.78, 5) is 12.6. The van der Waals surface area contributed by atoms with Gasteiger partial charge in [0.15, 0.2) is 5.78 Å². The molecule has 2 rings (SSSR count). The van der Waals surface area contributed by atoms with Gasteiger partial charge in [0.25, 0.3) is 0 Å². The molecule has 0 aliphatic carbocycles. The maximum Gasteiger partial charge on any atom is 0.195 e. The molecule has 0 unspecified atom stereocenters. The minimum absolute atomic E-state index is 0.0493. The van der Waals surface area contributed by atoms with E-state index in [0.717, 1.165) is 16.9 Å². The van der Waals surface area contributed by atoms with Crippen LogP contribution in [-0.4, -0.2) is 12.4 Å². The Morgan fingerprint density at radius 2 is 1.80 bits per heavy atom. The Hall–Kier alpha value is -2.29. The normalized spacial score (nSPS) is 10.3. The summed E-state index contributed by atoms with van der Waals surface area (Å²) in [5, 5.41) is 0. The SMILES string of the molecule is CCOc1cc(C)c(C(=O)c2ccccc2N)cc1C. The molecule has 0 fully saturated rings. The average molecular weight is 269 g/mol. The molecule has 2 aromatic rings. The van der Waals surface area contributed by atoms with Crippen molar-refractivity contribution in [3.05, 3.63) is 58.7 Å². The molecule has 0 heterocycles. The summed E-state index contributed by atoms with van der Waals surface area (Å²) in [6, 6.07) is 10.9. The van der Waals surface area contributed by atoms with E-state index in [1.165, 1.54) is 0 Å². The molecule has 0 amide bonds. The van der Waals surface area contributed by atoms with Gasteiger partial charge in [-0.2, -0.15) is 0 Å². The van der Waals surface area contributed by atoms with E-state index < -0.39 is 0 Å². The number of ketones is 1. The molecule has 0 aliphatic rings. The second-order valence-corrected chi connectivity index (χ2v) is 4.78. The van der Waals surface area contributed by atoms with Crippen LogP contribution in [0.2, 0.25) is 0 Å². The molecule has 0 saturated heterocycles. The predicted molar refractivity (Wildman–Crippen MR) is 81.4 cm³/mol. The van der Waals surface area contributed by atoms with Crippen LogP contribution < -0.4 is 10.5 Å². The second-order valence-electron chi connectivity index (χ2n) is 4.78. The van der Waals surface area contributed by atoms with Crippen LogP contribution in [0.25, 0.3) is 0 Å². The van der Waals surface area contributed by atoms with Gasteiger partial charge in [-0.25, -0.2) is 0 Å². The van der Waals surface area contributed by atoms with Crippen molar-refractivity contribution in [2.24, 2.45) is 0 Å². The third kappa shape index (κ3) is 2.67. The predicted octanol–water partition coefficient (Wildman–Crippen LogP) is 3.52. The number of para-hydroxylation sites is 1. The van der Waals surface area contributed by atoms with Crippen molar-refractivity contribution in [1.82, 2.24) is 0 Å². The van der Waals surface area contributed by atoms with E-state index in [4.69, 9.17) is 10.5 Å². The van der Waals surface area contributed by atoms with Crippen LogP contribution >= 0.6 is 0 Å². The van der Waals surface area contributed by atoms with Crippen LogP contribution in [0.4, 0.5) is 5.69 Å². The zero-order chi connectivity index (χ0) is 14.7. The van der Waals surface area contributed by atoms with E-state index >= 15 is 0 Å². The molecule has 20 heavy (non-hydrogen) atoms. The highest BCUT2D eigenvalue weighted by atomic mass is 16.5. The third-order valence-corrected chi connectivity index (χ3v) is 3.27. The maximum atomic E-state index is 12.6. The zero-order valence-electron chi connectivity index (χ0n) is 12.1. The lowest BCUT2D eigenvalue weighted by Gasteiger charge is -2.12. The Morgan fingerprint density at radius 1 is 1.10 bits per heavy atom.